The second kappa shape index (κ2) is 8.30. The van der Waals surface area contributed by atoms with Crippen LogP contribution >= 0.6 is 0 Å². The predicted octanol–water partition coefficient (Wildman–Crippen LogP) is 0.510. The molecule has 1 heterocycles. The first-order chi connectivity index (χ1) is 12.6. The number of imide groups is 2. The second-order valence-electron chi connectivity index (χ2n) is 6.36. The van der Waals surface area contributed by atoms with E-state index in [4.69, 9.17) is 0 Å². The summed E-state index contributed by atoms with van der Waals surface area (Å²) in [5.74, 6) is -3.16. The molecule has 0 bridgehead atoms. The Labute approximate surface area is 153 Å². The number of amides is 4. The molecule has 4 amide bonds. The summed E-state index contributed by atoms with van der Waals surface area (Å²) in [6.07, 6.45) is -2.76. The Hall–Kier alpha value is -2.75. The van der Waals surface area contributed by atoms with Gasteiger partial charge in [0.05, 0.1) is 31.9 Å². The average molecular weight is 385 g/mol. The van der Waals surface area contributed by atoms with Gasteiger partial charge in [-0.25, -0.2) is 9.69 Å². The number of aliphatic imine (C=N–C) groups is 1. The number of benzene rings is 1. The van der Waals surface area contributed by atoms with Gasteiger partial charge in [0, 0.05) is 19.2 Å². The molecule has 1 aliphatic heterocycles. The molecular weight excluding hydrogens is 365 g/mol. The average Bonchev–Trinajstić information content (AvgIpc) is 2.56. The lowest BCUT2D eigenvalue weighted by molar-refractivity contribution is -0.858. The molecule has 1 aromatic rings. The molecule has 2 rings (SSSR count). The van der Waals surface area contributed by atoms with Gasteiger partial charge in [0.1, 0.15) is 0 Å². The maximum atomic E-state index is 12.9. The summed E-state index contributed by atoms with van der Waals surface area (Å²) >= 11 is 0. The van der Waals surface area contributed by atoms with E-state index in [0.717, 1.165) is 31.3 Å². The van der Waals surface area contributed by atoms with E-state index < -0.39 is 35.5 Å². The van der Waals surface area contributed by atoms with E-state index in [-0.39, 0.29) is 5.69 Å². The fourth-order valence-electron chi connectivity index (χ4n) is 2.49. The van der Waals surface area contributed by atoms with Gasteiger partial charge in [-0.05, 0) is 18.2 Å². The monoisotopic (exact) mass is 385 g/mol. The normalized spacial score (nSPS) is 18.5. The Kier molecular flexibility index (Phi) is 6.32. The minimum absolute atomic E-state index is 0.269. The number of hydrogen-bond donors (Lipinski definition) is 2. The SMILES string of the molecule is C[NH+](C)CCCN=CC1C(=O)NC(=O)N(c2cccc(C(F)(F)F)c2)C1=O. The topological polar surface area (TPSA) is 83.3 Å². The standard InChI is InChI=1S/C17H19F3N4O3/c1-23(2)8-4-7-21-10-13-14(25)22-16(27)24(15(13)26)12-6-3-5-11(9-12)17(18,19)20/h3,5-6,9-10,13H,4,7-8H2,1-2H3,(H,22,25,27)/p+1. The molecule has 2 N–H and O–H groups in total. The van der Waals surface area contributed by atoms with E-state index in [1.54, 1.807) is 0 Å². The van der Waals surface area contributed by atoms with Gasteiger partial charge in [0.25, 0.3) is 5.91 Å². The molecule has 0 aromatic heterocycles. The van der Waals surface area contributed by atoms with E-state index >= 15 is 0 Å². The Morgan fingerprint density at radius 3 is 2.59 bits per heavy atom. The zero-order valence-corrected chi connectivity index (χ0v) is 14.8. The molecule has 1 saturated heterocycles. The summed E-state index contributed by atoms with van der Waals surface area (Å²) in [4.78, 5) is 42.3. The predicted molar refractivity (Wildman–Crippen MR) is 91.6 cm³/mol. The number of quaternary nitrogens is 1. The zero-order valence-electron chi connectivity index (χ0n) is 14.8. The van der Waals surface area contributed by atoms with Gasteiger partial charge in [0.2, 0.25) is 5.91 Å². The smallest absolute Gasteiger partial charge is 0.340 e. The largest absolute Gasteiger partial charge is 0.416 e. The van der Waals surface area contributed by atoms with Gasteiger partial charge in [-0.1, -0.05) is 6.07 Å². The summed E-state index contributed by atoms with van der Waals surface area (Å²) in [6, 6.07) is 2.69. The van der Waals surface area contributed by atoms with Crippen molar-refractivity contribution in [3.05, 3.63) is 29.8 Å². The van der Waals surface area contributed by atoms with Crippen LogP contribution in [0.3, 0.4) is 0 Å². The first-order valence-corrected chi connectivity index (χ1v) is 8.26. The van der Waals surface area contributed by atoms with Gasteiger partial charge in [-0.2, -0.15) is 13.2 Å². The van der Waals surface area contributed by atoms with E-state index in [1.165, 1.54) is 11.0 Å². The Morgan fingerprint density at radius 2 is 1.96 bits per heavy atom. The van der Waals surface area contributed by atoms with Gasteiger partial charge in [-0.3, -0.25) is 19.9 Å². The molecule has 1 atom stereocenters. The van der Waals surface area contributed by atoms with Crippen LogP contribution < -0.4 is 15.1 Å². The van der Waals surface area contributed by atoms with E-state index in [1.807, 2.05) is 19.4 Å². The van der Waals surface area contributed by atoms with Crippen molar-refractivity contribution in [1.29, 1.82) is 0 Å². The van der Waals surface area contributed by atoms with E-state index in [2.05, 4.69) is 4.99 Å². The number of anilines is 1. The second-order valence-corrected chi connectivity index (χ2v) is 6.36. The molecule has 0 radical (unpaired) electrons. The Bertz CT molecular complexity index is 762. The number of urea groups is 1. The molecule has 0 spiro atoms. The number of nitrogens with one attached hydrogen (secondary N) is 2. The maximum absolute atomic E-state index is 12.9. The minimum Gasteiger partial charge on any atom is -0.340 e. The van der Waals surface area contributed by atoms with Crippen LogP contribution in [0.15, 0.2) is 29.3 Å². The third-order valence-electron chi connectivity index (χ3n) is 3.85. The van der Waals surface area contributed by atoms with Crippen LogP contribution in [0, 0.1) is 5.92 Å². The maximum Gasteiger partial charge on any atom is 0.416 e. The molecule has 1 fully saturated rings. The lowest BCUT2D eigenvalue weighted by atomic mass is 10.1. The molecule has 0 aliphatic carbocycles. The van der Waals surface area contributed by atoms with E-state index in [0.29, 0.717) is 17.5 Å². The molecule has 7 nitrogen and oxygen atoms in total. The fourth-order valence-corrected chi connectivity index (χ4v) is 2.49. The van der Waals surface area contributed by atoms with Crippen molar-refractivity contribution in [3.63, 3.8) is 0 Å². The van der Waals surface area contributed by atoms with Crippen molar-refractivity contribution in [3.8, 4) is 0 Å². The lowest BCUT2D eigenvalue weighted by Gasteiger charge is -2.28. The molecule has 1 unspecified atom stereocenters. The highest BCUT2D eigenvalue weighted by molar-refractivity contribution is 6.32. The number of carbonyl (C=O) groups excluding carboxylic acids is 3. The number of carbonyl (C=O) groups is 3. The zero-order chi connectivity index (χ0) is 20.2. The third kappa shape index (κ3) is 5.13. The highest BCUT2D eigenvalue weighted by Gasteiger charge is 2.41. The number of rotatable bonds is 6. The first kappa shape index (κ1) is 20.6. The Balaban J connectivity index is 2.20. The molecule has 146 valence electrons. The minimum atomic E-state index is -4.63. The van der Waals surface area contributed by atoms with Crippen molar-refractivity contribution in [2.75, 3.05) is 32.1 Å². The fraction of sp³-hybridized carbons (Fsp3) is 0.412. The number of alkyl halides is 3. The molecule has 0 saturated carbocycles. The summed E-state index contributed by atoms with van der Waals surface area (Å²) < 4.78 is 38.6. The van der Waals surface area contributed by atoms with Crippen LogP contribution in [-0.2, 0) is 15.8 Å². The Morgan fingerprint density at radius 1 is 1.26 bits per heavy atom. The van der Waals surface area contributed by atoms with Crippen LogP contribution in [0.25, 0.3) is 0 Å². The van der Waals surface area contributed by atoms with Crippen molar-refractivity contribution < 1.29 is 32.5 Å². The highest BCUT2D eigenvalue weighted by atomic mass is 19.4. The van der Waals surface area contributed by atoms with Gasteiger partial charge < -0.3 is 4.90 Å². The van der Waals surface area contributed by atoms with Gasteiger partial charge in [-0.15, -0.1) is 0 Å². The van der Waals surface area contributed by atoms with Crippen molar-refractivity contribution >= 4 is 29.7 Å². The van der Waals surface area contributed by atoms with Crippen LogP contribution in [-0.4, -0.2) is 51.2 Å². The number of nitrogens with zero attached hydrogens (tertiary/aromatic N) is 2. The third-order valence-corrected chi connectivity index (χ3v) is 3.85. The van der Waals surface area contributed by atoms with Gasteiger partial charge >= 0.3 is 12.2 Å². The van der Waals surface area contributed by atoms with Crippen LogP contribution in [0.5, 0.6) is 0 Å². The highest BCUT2D eigenvalue weighted by Crippen LogP contribution is 2.32. The summed E-state index contributed by atoms with van der Waals surface area (Å²) in [6.45, 7) is 1.23. The number of barbiturate groups is 1. The molecule has 1 aromatic carbocycles. The summed E-state index contributed by atoms with van der Waals surface area (Å²) in [5.41, 5.74) is -1.27. The van der Waals surface area contributed by atoms with Crippen LogP contribution in [0.1, 0.15) is 12.0 Å². The van der Waals surface area contributed by atoms with Crippen molar-refractivity contribution in [2.45, 2.75) is 12.6 Å². The number of hydrogen-bond acceptors (Lipinski definition) is 4. The molecular formula is C17H20F3N4O3+. The van der Waals surface area contributed by atoms with Crippen LogP contribution in [0.4, 0.5) is 23.7 Å². The molecule has 10 heteroatoms. The van der Waals surface area contributed by atoms with Crippen molar-refractivity contribution in [1.82, 2.24) is 5.32 Å². The van der Waals surface area contributed by atoms with Crippen molar-refractivity contribution in [2.24, 2.45) is 10.9 Å². The summed E-state index contributed by atoms with van der Waals surface area (Å²) in [7, 11) is 3.95. The van der Waals surface area contributed by atoms with E-state index in [9.17, 15) is 27.6 Å². The van der Waals surface area contributed by atoms with Gasteiger partial charge in [0.15, 0.2) is 5.92 Å². The van der Waals surface area contributed by atoms with Crippen LogP contribution in [0.2, 0.25) is 0 Å². The molecule has 27 heavy (non-hydrogen) atoms. The number of halogens is 3. The quantitative estimate of drug-likeness (QED) is 0.425. The first-order valence-electron chi connectivity index (χ1n) is 8.26. The summed E-state index contributed by atoms with van der Waals surface area (Å²) in [5, 5.41) is 1.98. The molecule has 1 aliphatic rings. The lowest BCUT2D eigenvalue weighted by Crippen LogP contribution is -3.05.